The minimum absolute atomic E-state index is 0.0330. The van der Waals surface area contributed by atoms with Crippen molar-refractivity contribution in [1.82, 2.24) is 0 Å². The fourth-order valence-electron chi connectivity index (χ4n) is 23.4. The molecule has 0 fully saturated rings. The Morgan fingerprint density at radius 2 is 0.500 bits per heavy atom. The second-order valence-corrected chi connectivity index (χ2v) is 42.5. The van der Waals surface area contributed by atoms with Crippen LogP contribution < -0.4 is 48.0 Å². The minimum atomic E-state index is -0.412. The summed E-state index contributed by atoms with van der Waals surface area (Å²) in [5, 5.41) is 0. The molecular formula is C134H144N4O6. The topological polar surface area (TPSA) is 68.3 Å². The highest BCUT2D eigenvalue weighted by molar-refractivity contribution is 5.99. The zero-order valence-corrected chi connectivity index (χ0v) is 87.3. The molecule has 4 aliphatic heterocycles. The molecule has 0 saturated heterocycles. The molecule has 22 rings (SSSR count). The highest BCUT2D eigenvalue weighted by Gasteiger charge is 2.53. The fourth-order valence-corrected chi connectivity index (χ4v) is 23.4. The van der Waals surface area contributed by atoms with Crippen molar-refractivity contribution < 1.29 is 28.4 Å². The first kappa shape index (κ1) is 97.7. The van der Waals surface area contributed by atoms with E-state index in [-0.39, 0.29) is 10.8 Å². The maximum Gasteiger partial charge on any atom is 0.161 e. The monoisotopic (exact) mass is 1910 g/mol. The van der Waals surface area contributed by atoms with Crippen molar-refractivity contribution in [2.75, 3.05) is 32.8 Å². The van der Waals surface area contributed by atoms with Crippen LogP contribution in [0.3, 0.4) is 0 Å². The number of ether oxygens (including phenoxy) is 6. The first-order valence-electron chi connectivity index (χ1n) is 54.3. The predicted octanol–water partition coefficient (Wildman–Crippen LogP) is 40.1. The van der Waals surface area contributed by atoms with Crippen LogP contribution in [0.2, 0.25) is 0 Å². The second-order valence-electron chi connectivity index (χ2n) is 42.5. The number of rotatable bonds is 34. The number of nitrogens with zero attached hydrogens (tertiary/aromatic N) is 4. The summed E-state index contributed by atoms with van der Waals surface area (Å²) in [7, 11) is 0. The molecule has 15 aromatic rings. The van der Waals surface area contributed by atoms with Gasteiger partial charge < -0.3 is 48.0 Å². The Labute approximate surface area is 857 Å². The van der Waals surface area contributed by atoms with Gasteiger partial charge in [-0.25, -0.2) is 0 Å². The summed E-state index contributed by atoms with van der Waals surface area (Å²) in [5.41, 5.74) is 37.7. The smallest absolute Gasteiger partial charge is 0.161 e. The summed E-state index contributed by atoms with van der Waals surface area (Å²) in [5.74, 6) is 8.83. The first-order chi connectivity index (χ1) is 70.3. The van der Waals surface area contributed by atoms with E-state index in [1.807, 2.05) is 36.4 Å². The Morgan fingerprint density at radius 3 is 0.868 bits per heavy atom. The molecule has 144 heavy (non-hydrogen) atoms. The second kappa shape index (κ2) is 43.1. The number of fused-ring (bicyclic) bond motifs is 21. The van der Waals surface area contributed by atoms with Gasteiger partial charge in [0.05, 0.1) is 64.1 Å². The van der Waals surface area contributed by atoms with E-state index < -0.39 is 5.41 Å². The molecule has 0 radical (unpaired) electrons. The lowest BCUT2D eigenvalue weighted by atomic mass is 9.69. The molecule has 1 spiro atoms. The maximum absolute atomic E-state index is 6.76. The van der Waals surface area contributed by atoms with E-state index in [0.717, 1.165) is 153 Å². The molecule has 3 aliphatic carbocycles. The number of hydrogen-bond donors (Lipinski definition) is 0. The average Bonchev–Trinajstić information content (AvgIpc) is 1.50. The zero-order valence-electron chi connectivity index (χ0n) is 87.3. The van der Waals surface area contributed by atoms with Crippen molar-refractivity contribution >= 4 is 68.2 Å². The lowest BCUT2D eigenvalue weighted by Crippen LogP contribution is -2.27. The number of unbranched alkanes of at least 4 members (excludes halogenated alkanes) is 20. The highest BCUT2D eigenvalue weighted by Crippen LogP contribution is 2.67. The third-order valence-electron chi connectivity index (χ3n) is 30.9. The fraction of sp³-hybridized carbons (Fsp3) is 0.328. The summed E-state index contributed by atoms with van der Waals surface area (Å²) < 4.78 is 39.0. The van der Waals surface area contributed by atoms with Gasteiger partial charge in [-0.05, 0) is 325 Å². The summed E-state index contributed by atoms with van der Waals surface area (Å²) in [6.07, 6.45) is 32.7. The van der Waals surface area contributed by atoms with Gasteiger partial charge in [0.1, 0.15) is 0 Å². The number of para-hydroxylation sites is 8. The molecule has 7 aliphatic rings. The molecular weight excluding hydrogens is 1760 g/mol. The van der Waals surface area contributed by atoms with Crippen LogP contribution in [0.5, 0.6) is 57.5 Å². The lowest BCUT2D eigenvalue weighted by Gasteiger charge is -2.37. The van der Waals surface area contributed by atoms with Crippen molar-refractivity contribution in [3.63, 3.8) is 0 Å². The molecule has 10 nitrogen and oxygen atoms in total. The van der Waals surface area contributed by atoms with Crippen LogP contribution in [0.1, 0.15) is 288 Å². The summed E-state index contributed by atoms with van der Waals surface area (Å²) in [4.78, 5) is 9.40. The SMILES string of the molecule is CCCCCCCCC1(CCCCCCCC)c2cc(N3c4ccccc4Oc4cc(C)ccc43)ccc2-c2ccc(N3c4ccccc4Oc4cc(C)ccc43)cc21.CCCCCCCCOc1cc2c(cc1OCCCCCCCC)C1(c3cc(C)ccc3-c3ccc(C)cc31)c1cc(C(C)(C)C)ccc1-2.Cc1ccc2c(c1)Oc1ccccc1N2c1ccc(N2c3ccccc3Oc3cc(C)ccc32)cc1. The zero-order chi connectivity index (χ0) is 99.2. The van der Waals surface area contributed by atoms with E-state index in [2.05, 4.69) is 370 Å². The van der Waals surface area contributed by atoms with Gasteiger partial charge in [0.15, 0.2) is 57.5 Å². The Bertz CT molecular complexity index is 6810. The van der Waals surface area contributed by atoms with Gasteiger partial charge in [-0.3, -0.25) is 0 Å². The number of anilines is 12. The molecule has 0 atom stereocenters. The van der Waals surface area contributed by atoms with E-state index in [9.17, 15) is 0 Å². The summed E-state index contributed by atoms with van der Waals surface area (Å²) in [6, 6.07) is 109. The van der Waals surface area contributed by atoms with Crippen LogP contribution in [0.4, 0.5) is 68.2 Å². The Kier molecular flexibility index (Phi) is 29.2. The van der Waals surface area contributed by atoms with Crippen LogP contribution in [-0.2, 0) is 16.2 Å². The third-order valence-corrected chi connectivity index (χ3v) is 30.9. The summed E-state index contributed by atoms with van der Waals surface area (Å²) in [6.45, 7) is 30.6. The van der Waals surface area contributed by atoms with Crippen molar-refractivity contribution in [2.24, 2.45) is 0 Å². The van der Waals surface area contributed by atoms with Crippen LogP contribution in [0, 0.1) is 41.5 Å². The van der Waals surface area contributed by atoms with Gasteiger partial charge in [0.25, 0.3) is 0 Å². The predicted molar refractivity (Wildman–Crippen MR) is 602 cm³/mol. The van der Waals surface area contributed by atoms with Gasteiger partial charge in [-0.15, -0.1) is 0 Å². The van der Waals surface area contributed by atoms with E-state index in [1.54, 1.807) is 0 Å². The first-order valence-corrected chi connectivity index (χ1v) is 54.3. The third kappa shape index (κ3) is 19.4. The van der Waals surface area contributed by atoms with E-state index in [1.165, 1.54) is 258 Å². The molecule has 10 heteroatoms. The number of benzene rings is 15. The minimum Gasteiger partial charge on any atom is -0.490 e. The van der Waals surface area contributed by atoms with Gasteiger partial charge in [0, 0.05) is 28.2 Å². The highest BCUT2D eigenvalue weighted by atomic mass is 16.5. The molecule has 0 saturated carbocycles. The average molecular weight is 1910 g/mol. The molecule has 0 N–H and O–H groups in total. The van der Waals surface area contributed by atoms with E-state index in [0.29, 0.717) is 0 Å². The Hall–Kier alpha value is -13.7. The lowest BCUT2D eigenvalue weighted by molar-refractivity contribution is 0.258. The van der Waals surface area contributed by atoms with Crippen LogP contribution in [-0.4, -0.2) is 13.2 Å². The standard InChI is InChI=1S/C55H60N2O2.C47H60O2.C32H24N2O2/c1-5-7-9-11-13-19-33-55(34-20-14-12-10-8-6-2)45-37-41(56-47-21-15-17-23-51(47)58-53-35-39(3)25-31-49(53)56)27-29-43(45)44-30-28-42(38-46(44)55)57-48-22-16-18-24-52(48)59-54-36-40(4)26-32-50(54)57;1-8-10-12-14-16-18-26-48-44-31-39-38-25-22-35(46(5,6)7)30-42(38)47(43(39)32-45(44)49-27-19-17-15-13-11-9-2)40-28-33(3)20-23-36(40)37-24-21-34(4)29-41(37)47;1-21-11-17-27-31(19-21)35-29-9-5-3-7-25(29)33(27)23-13-15-24(16-14-23)34-26-8-4-6-10-30(26)36-32-20-22(2)12-18-28(32)34/h15-18,21-32,35-38H,5-14,19-20,33-34H2,1-4H3;20-25,28-32H,8-19,26-27H2,1-7H3;3-20H,1-2H3. The number of hydrogen-bond acceptors (Lipinski definition) is 10. The van der Waals surface area contributed by atoms with Crippen LogP contribution in [0.25, 0.3) is 33.4 Å². The normalized spacial score (nSPS) is 13.7. The molecule has 0 amide bonds. The molecule has 0 unspecified atom stereocenters. The summed E-state index contributed by atoms with van der Waals surface area (Å²) >= 11 is 0. The number of aryl methyl sites for hydroxylation is 6. The van der Waals surface area contributed by atoms with Gasteiger partial charge in [-0.1, -0.05) is 340 Å². The van der Waals surface area contributed by atoms with Crippen molar-refractivity contribution in [2.45, 2.75) is 273 Å². The van der Waals surface area contributed by atoms with Gasteiger partial charge in [-0.2, -0.15) is 0 Å². The maximum atomic E-state index is 6.76. The van der Waals surface area contributed by atoms with Crippen molar-refractivity contribution in [3.8, 4) is 90.9 Å². The van der Waals surface area contributed by atoms with Crippen molar-refractivity contribution in [3.05, 3.63) is 370 Å². The Balaban J connectivity index is 0.000000135. The van der Waals surface area contributed by atoms with Crippen LogP contribution >= 0.6 is 0 Å². The molecule has 15 aromatic carbocycles. The van der Waals surface area contributed by atoms with E-state index in [4.69, 9.17) is 28.4 Å². The molecule has 0 bridgehead atoms. The van der Waals surface area contributed by atoms with Gasteiger partial charge >= 0.3 is 0 Å². The van der Waals surface area contributed by atoms with E-state index >= 15 is 0 Å². The molecule has 736 valence electrons. The van der Waals surface area contributed by atoms with Gasteiger partial charge in [0.2, 0.25) is 0 Å². The largest absolute Gasteiger partial charge is 0.490 e. The quantitative estimate of drug-likeness (QED) is 0.0364. The Morgan fingerprint density at radius 1 is 0.229 bits per heavy atom. The molecule has 4 heterocycles. The van der Waals surface area contributed by atoms with Crippen LogP contribution in [0.15, 0.2) is 297 Å². The van der Waals surface area contributed by atoms with Crippen molar-refractivity contribution in [1.29, 1.82) is 0 Å². The molecule has 0 aromatic heterocycles.